The van der Waals surface area contributed by atoms with Gasteiger partial charge in [-0.2, -0.15) is 0 Å². The Labute approximate surface area is 115 Å². The lowest BCUT2D eigenvalue weighted by Crippen LogP contribution is -2.30. The smallest absolute Gasteiger partial charge is 0.488 e. The van der Waals surface area contributed by atoms with Gasteiger partial charge in [0.25, 0.3) is 0 Å². The molecular formula is C14H22BNO3. The molecule has 1 aromatic rings. The highest BCUT2D eigenvalue weighted by molar-refractivity contribution is 6.58. The molecule has 4 nitrogen and oxygen atoms in total. The van der Waals surface area contributed by atoms with Gasteiger partial charge >= 0.3 is 7.12 Å². The van der Waals surface area contributed by atoms with E-state index in [0.717, 1.165) is 24.8 Å². The van der Waals surface area contributed by atoms with Gasteiger partial charge in [0.05, 0.1) is 0 Å². The summed E-state index contributed by atoms with van der Waals surface area (Å²) in [6, 6.07) is 6.88. The van der Waals surface area contributed by atoms with Crippen LogP contribution in [0.4, 0.5) is 0 Å². The largest absolute Gasteiger partial charge is 0.492 e. The normalized spacial score (nSPS) is 14.7. The van der Waals surface area contributed by atoms with E-state index < -0.39 is 7.12 Å². The first-order valence-electron chi connectivity index (χ1n) is 7.00. The molecule has 0 amide bonds. The Morgan fingerprint density at radius 2 is 1.95 bits per heavy atom. The van der Waals surface area contributed by atoms with Crippen molar-refractivity contribution in [2.24, 2.45) is 5.92 Å². The molecule has 0 heterocycles. The second-order valence-electron chi connectivity index (χ2n) is 5.13. The maximum atomic E-state index is 8.99. The fraction of sp³-hybridized carbons (Fsp3) is 0.571. The zero-order valence-corrected chi connectivity index (χ0v) is 11.5. The maximum Gasteiger partial charge on any atom is 0.488 e. The van der Waals surface area contributed by atoms with E-state index in [1.54, 1.807) is 24.3 Å². The van der Waals surface area contributed by atoms with Crippen molar-refractivity contribution >= 4 is 12.6 Å². The van der Waals surface area contributed by atoms with Crippen LogP contribution in [0, 0.1) is 5.92 Å². The number of hydrogen-bond acceptors (Lipinski definition) is 4. The molecular weight excluding hydrogens is 241 g/mol. The molecule has 2 rings (SSSR count). The average molecular weight is 263 g/mol. The van der Waals surface area contributed by atoms with E-state index in [9.17, 15) is 0 Å². The van der Waals surface area contributed by atoms with Gasteiger partial charge in [0.1, 0.15) is 12.4 Å². The molecule has 1 aliphatic rings. The van der Waals surface area contributed by atoms with Gasteiger partial charge in [-0.1, -0.05) is 19.1 Å². The average Bonchev–Trinajstić information content (AvgIpc) is 3.22. The van der Waals surface area contributed by atoms with Crippen LogP contribution < -0.4 is 10.2 Å². The Bertz CT molecular complexity index is 379. The highest BCUT2D eigenvalue weighted by Crippen LogP contribution is 2.29. The zero-order chi connectivity index (χ0) is 13.7. The zero-order valence-electron chi connectivity index (χ0n) is 11.5. The van der Waals surface area contributed by atoms with Crippen LogP contribution in [0.15, 0.2) is 24.3 Å². The van der Waals surface area contributed by atoms with E-state index in [1.165, 1.54) is 19.4 Å². The van der Waals surface area contributed by atoms with Crippen LogP contribution in [0.25, 0.3) is 0 Å². The minimum atomic E-state index is -1.41. The summed E-state index contributed by atoms with van der Waals surface area (Å²) >= 11 is 0. The molecule has 1 saturated carbocycles. The summed E-state index contributed by atoms with van der Waals surface area (Å²) < 4.78 is 5.67. The second kappa shape index (κ2) is 6.94. The Morgan fingerprint density at radius 1 is 1.26 bits per heavy atom. The number of nitrogens with zero attached hydrogens (tertiary/aromatic N) is 1. The Balaban J connectivity index is 1.71. The van der Waals surface area contributed by atoms with Crippen molar-refractivity contribution in [3.63, 3.8) is 0 Å². The van der Waals surface area contributed by atoms with Crippen molar-refractivity contribution in [2.75, 3.05) is 26.2 Å². The van der Waals surface area contributed by atoms with Crippen LogP contribution in [0.3, 0.4) is 0 Å². The fourth-order valence-electron chi connectivity index (χ4n) is 2.07. The molecule has 19 heavy (non-hydrogen) atoms. The van der Waals surface area contributed by atoms with Crippen LogP contribution in [0.5, 0.6) is 5.75 Å². The summed E-state index contributed by atoms with van der Waals surface area (Å²) in [7, 11) is -1.41. The van der Waals surface area contributed by atoms with E-state index in [0.29, 0.717) is 12.1 Å². The molecule has 0 saturated heterocycles. The predicted octanol–water partition coefficient (Wildman–Crippen LogP) is 0.477. The minimum absolute atomic E-state index is 0.483. The van der Waals surface area contributed by atoms with E-state index in [-0.39, 0.29) is 0 Å². The molecule has 0 radical (unpaired) electrons. The topological polar surface area (TPSA) is 52.9 Å². The minimum Gasteiger partial charge on any atom is -0.492 e. The van der Waals surface area contributed by atoms with Crippen molar-refractivity contribution in [3.8, 4) is 5.75 Å². The molecule has 0 bridgehead atoms. The van der Waals surface area contributed by atoms with Crippen molar-refractivity contribution < 1.29 is 14.8 Å². The molecule has 0 atom stereocenters. The van der Waals surface area contributed by atoms with Gasteiger partial charge < -0.3 is 14.8 Å². The predicted molar refractivity (Wildman–Crippen MR) is 76.6 cm³/mol. The van der Waals surface area contributed by atoms with Crippen LogP contribution in [0.2, 0.25) is 0 Å². The molecule has 0 spiro atoms. The SMILES string of the molecule is CCN(CCOc1ccc(B(O)O)cc1)CC1CC1. The lowest BCUT2D eigenvalue weighted by Gasteiger charge is -2.20. The third-order valence-electron chi connectivity index (χ3n) is 3.52. The number of ether oxygens (including phenoxy) is 1. The number of hydrogen-bond donors (Lipinski definition) is 2. The van der Waals surface area contributed by atoms with E-state index >= 15 is 0 Å². The Kier molecular flexibility index (Phi) is 5.25. The van der Waals surface area contributed by atoms with Gasteiger partial charge in [-0.3, -0.25) is 4.90 Å². The van der Waals surface area contributed by atoms with Gasteiger partial charge in [0, 0.05) is 13.1 Å². The quantitative estimate of drug-likeness (QED) is 0.670. The van der Waals surface area contributed by atoms with Crippen molar-refractivity contribution in [1.29, 1.82) is 0 Å². The summed E-state index contributed by atoms with van der Waals surface area (Å²) in [6.07, 6.45) is 2.75. The summed E-state index contributed by atoms with van der Waals surface area (Å²) in [6.45, 7) is 6.05. The molecule has 5 heteroatoms. The van der Waals surface area contributed by atoms with E-state index in [1.807, 2.05) is 0 Å². The van der Waals surface area contributed by atoms with Gasteiger partial charge in [0.2, 0.25) is 0 Å². The van der Waals surface area contributed by atoms with E-state index in [4.69, 9.17) is 14.8 Å². The molecule has 0 aromatic heterocycles. The van der Waals surface area contributed by atoms with Crippen LogP contribution in [-0.2, 0) is 0 Å². The first-order valence-corrected chi connectivity index (χ1v) is 7.00. The summed E-state index contributed by atoms with van der Waals surface area (Å²) in [4.78, 5) is 2.42. The van der Waals surface area contributed by atoms with Gasteiger partial charge in [-0.15, -0.1) is 0 Å². The first-order chi connectivity index (χ1) is 9.19. The Hall–Kier alpha value is -1.04. The molecule has 1 fully saturated rings. The summed E-state index contributed by atoms with van der Waals surface area (Å²) in [5, 5.41) is 18.0. The second-order valence-corrected chi connectivity index (χ2v) is 5.13. The van der Waals surface area contributed by atoms with Crippen molar-refractivity contribution in [1.82, 2.24) is 4.90 Å². The van der Waals surface area contributed by atoms with Crippen molar-refractivity contribution in [2.45, 2.75) is 19.8 Å². The monoisotopic (exact) mass is 263 g/mol. The molecule has 104 valence electrons. The standard InChI is InChI=1S/C14H22BNO3/c1-2-16(11-12-3-4-12)9-10-19-14-7-5-13(6-8-14)15(17)18/h5-8,12,17-18H,2-4,9-11H2,1H3. The lowest BCUT2D eigenvalue weighted by atomic mass is 9.80. The molecule has 1 aromatic carbocycles. The highest BCUT2D eigenvalue weighted by atomic mass is 16.5. The lowest BCUT2D eigenvalue weighted by molar-refractivity contribution is 0.210. The van der Waals surface area contributed by atoms with Gasteiger partial charge in [0.15, 0.2) is 0 Å². The van der Waals surface area contributed by atoms with Crippen LogP contribution in [0.1, 0.15) is 19.8 Å². The Morgan fingerprint density at radius 3 is 2.47 bits per heavy atom. The third-order valence-corrected chi connectivity index (χ3v) is 3.52. The number of benzene rings is 1. The number of likely N-dealkylation sites (N-methyl/N-ethyl adjacent to an activating group) is 1. The van der Waals surface area contributed by atoms with E-state index in [2.05, 4.69) is 11.8 Å². The fourth-order valence-corrected chi connectivity index (χ4v) is 2.07. The molecule has 0 unspecified atom stereocenters. The third kappa shape index (κ3) is 4.86. The van der Waals surface area contributed by atoms with Gasteiger partial charge in [-0.05, 0) is 42.9 Å². The molecule has 1 aliphatic carbocycles. The number of rotatable bonds is 8. The van der Waals surface area contributed by atoms with Crippen LogP contribution >= 0.6 is 0 Å². The highest BCUT2D eigenvalue weighted by Gasteiger charge is 2.23. The first kappa shape index (κ1) is 14.4. The molecule has 0 aliphatic heterocycles. The summed E-state index contributed by atoms with van der Waals surface area (Å²) in [5.74, 6) is 1.68. The van der Waals surface area contributed by atoms with Crippen LogP contribution in [-0.4, -0.2) is 48.3 Å². The van der Waals surface area contributed by atoms with Crippen molar-refractivity contribution in [3.05, 3.63) is 24.3 Å². The maximum absolute atomic E-state index is 8.99. The molecule has 2 N–H and O–H groups in total. The summed E-state index contributed by atoms with van der Waals surface area (Å²) in [5.41, 5.74) is 0.483. The van der Waals surface area contributed by atoms with Gasteiger partial charge in [-0.25, -0.2) is 0 Å².